The van der Waals surface area contributed by atoms with Gasteiger partial charge in [-0.1, -0.05) is 19.9 Å². The molecule has 1 aliphatic rings. The molecule has 0 saturated carbocycles. The third-order valence-corrected chi connectivity index (χ3v) is 3.50. The summed E-state index contributed by atoms with van der Waals surface area (Å²) in [7, 11) is 0. The van der Waals surface area contributed by atoms with Crippen LogP contribution in [0.15, 0.2) is 18.2 Å². The molecule has 0 fully saturated rings. The first kappa shape index (κ1) is 13.0. The predicted octanol–water partition coefficient (Wildman–Crippen LogP) is 1.69. The molecule has 4 heteroatoms. The van der Waals surface area contributed by atoms with Gasteiger partial charge in [0.25, 0.3) is 0 Å². The minimum Gasteiger partial charge on any atom is -0.337 e. The number of nitrogens with zero attached hydrogens (tertiary/aromatic N) is 1. The molecule has 0 aliphatic carbocycles. The van der Waals surface area contributed by atoms with Crippen molar-refractivity contribution in [1.82, 2.24) is 4.90 Å². The molecular weight excluding hydrogens is 231 g/mol. The molecule has 2 rings (SSSR count). The Labute approximate surface area is 107 Å². The SMILES string of the molecule is CC(C)[C@H](N)C(=O)N1CCc2ccc(F)cc2C1. The van der Waals surface area contributed by atoms with E-state index >= 15 is 0 Å². The summed E-state index contributed by atoms with van der Waals surface area (Å²) in [6, 6.07) is 4.31. The largest absolute Gasteiger partial charge is 0.337 e. The van der Waals surface area contributed by atoms with Crippen LogP contribution in [0.4, 0.5) is 4.39 Å². The van der Waals surface area contributed by atoms with Gasteiger partial charge in [0, 0.05) is 13.1 Å². The Morgan fingerprint density at radius 2 is 2.11 bits per heavy atom. The zero-order chi connectivity index (χ0) is 13.3. The van der Waals surface area contributed by atoms with Crippen LogP contribution in [0.3, 0.4) is 0 Å². The van der Waals surface area contributed by atoms with Crippen LogP contribution in [0.5, 0.6) is 0 Å². The van der Waals surface area contributed by atoms with Crippen molar-refractivity contribution in [3.05, 3.63) is 35.1 Å². The van der Waals surface area contributed by atoms with E-state index in [2.05, 4.69) is 0 Å². The smallest absolute Gasteiger partial charge is 0.240 e. The van der Waals surface area contributed by atoms with Crippen molar-refractivity contribution in [2.24, 2.45) is 11.7 Å². The van der Waals surface area contributed by atoms with E-state index in [1.807, 2.05) is 13.8 Å². The van der Waals surface area contributed by atoms with Crippen molar-refractivity contribution in [3.8, 4) is 0 Å². The molecule has 1 aromatic rings. The second-order valence-corrected chi connectivity index (χ2v) is 5.19. The van der Waals surface area contributed by atoms with Gasteiger partial charge in [-0.05, 0) is 35.6 Å². The summed E-state index contributed by atoms with van der Waals surface area (Å²) in [5.41, 5.74) is 7.89. The average molecular weight is 250 g/mol. The molecule has 1 atom stereocenters. The fraction of sp³-hybridized carbons (Fsp3) is 0.500. The summed E-state index contributed by atoms with van der Waals surface area (Å²) in [5, 5.41) is 0. The topological polar surface area (TPSA) is 46.3 Å². The van der Waals surface area contributed by atoms with Gasteiger partial charge in [0.1, 0.15) is 5.82 Å². The Balaban J connectivity index is 2.14. The van der Waals surface area contributed by atoms with Gasteiger partial charge in [-0.15, -0.1) is 0 Å². The number of carbonyl (C=O) groups is 1. The van der Waals surface area contributed by atoms with Crippen LogP contribution in [0.25, 0.3) is 0 Å². The molecule has 1 aliphatic heterocycles. The minimum absolute atomic E-state index is 0.0417. The zero-order valence-corrected chi connectivity index (χ0v) is 10.8. The van der Waals surface area contributed by atoms with Crippen LogP contribution in [0.1, 0.15) is 25.0 Å². The molecule has 0 unspecified atom stereocenters. The van der Waals surface area contributed by atoms with E-state index in [-0.39, 0.29) is 17.6 Å². The molecule has 0 bridgehead atoms. The highest BCUT2D eigenvalue weighted by Crippen LogP contribution is 2.21. The van der Waals surface area contributed by atoms with Crippen LogP contribution in [-0.2, 0) is 17.8 Å². The molecule has 0 aromatic heterocycles. The Morgan fingerprint density at radius 3 is 2.78 bits per heavy atom. The number of amides is 1. The molecule has 0 radical (unpaired) electrons. The van der Waals surface area contributed by atoms with Gasteiger partial charge < -0.3 is 10.6 Å². The summed E-state index contributed by atoms with van der Waals surface area (Å²) >= 11 is 0. The Bertz CT molecular complexity index is 459. The quantitative estimate of drug-likeness (QED) is 0.868. The Hall–Kier alpha value is -1.42. The standard InChI is InChI=1S/C14H19FN2O/c1-9(2)13(16)14(18)17-6-5-10-3-4-12(15)7-11(10)8-17/h3-4,7,9,13H,5-6,8,16H2,1-2H3/t13-/m0/s1. The fourth-order valence-electron chi connectivity index (χ4n) is 2.21. The highest BCUT2D eigenvalue weighted by Gasteiger charge is 2.26. The van der Waals surface area contributed by atoms with Crippen LogP contribution in [-0.4, -0.2) is 23.4 Å². The van der Waals surface area contributed by atoms with E-state index < -0.39 is 6.04 Å². The van der Waals surface area contributed by atoms with Gasteiger partial charge in [-0.25, -0.2) is 4.39 Å². The molecule has 1 heterocycles. The lowest BCUT2D eigenvalue weighted by molar-refractivity contribution is -0.134. The second kappa shape index (κ2) is 5.06. The molecule has 2 N–H and O–H groups in total. The maximum atomic E-state index is 13.2. The van der Waals surface area contributed by atoms with Crippen LogP contribution in [0, 0.1) is 11.7 Å². The molecule has 98 valence electrons. The van der Waals surface area contributed by atoms with Crippen molar-refractivity contribution < 1.29 is 9.18 Å². The number of rotatable bonds is 2. The van der Waals surface area contributed by atoms with Crippen molar-refractivity contribution in [3.63, 3.8) is 0 Å². The van der Waals surface area contributed by atoms with E-state index in [4.69, 9.17) is 5.73 Å². The lowest BCUT2D eigenvalue weighted by Crippen LogP contribution is -2.48. The van der Waals surface area contributed by atoms with E-state index in [0.717, 1.165) is 17.5 Å². The van der Waals surface area contributed by atoms with E-state index in [1.165, 1.54) is 12.1 Å². The average Bonchev–Trinajstić information content (AvgIpc) is 2.35. The summed E-state index contributed by atoms with van der Waals surface area (Å²) in [5.74, 6) is -0.178. The van der Waals surface area contributed by atoms with Crippen molar-refractivity contribution in [2.45, 2.75) is 32.9 Å². The maximum absolute atomic E-state index is 13.2. The highest BCUT2D eigenvalue weighted by molar-refractivity contribution is 5.82. The molecule has 1 aromatic carbocycles. The van der Waals surface area contributed by atoms with Gasteiger partial charge in [0.15, 0.2) is 0 Å². The fourth-order valence-corrected chi connectivity index (χ4v) is 2.21. The van der Waals surface area contributed by atoms with Crippen molar-refractivity contribution in [2.75, 3.05) is 6.54 Å². The first-order valence-corrected chi connectivity index (χ1v) is 6.30. The lowest BCUT2D eigenvalue weighted by Gasteiger charge is -2.31. The van der Waals surface area contributed by atoms with E-state index in [9.17, 15) is 9.18 Å². The van der Waals surface area contributed by atoms with Crippen molar-refractivity contribution in [1.29, 1.82) is 0 Å². The van der Waals surface area contributed by atoms with Gasteiger partial charge in [-0.2, -0.15) is 0 Å². The molecule has 3 nitrogen and oxygen atoms in total. The Morgan fingerprint density at radius 1 is 1.39 bits per heavy atom. The van der Waals surface area contributed by atoms with Crippen LogP contribution in [0.2, 0.25) is 0 Å². The maximum Gasteiger partial charge on any atom is 0.240 e. The normalized spacial score (nSPS) is 16.6. The number of hydrogen-bond donors (Lipinski definition) is 1. The van der Waals surface area contributed by atoms with Gasteiger partial charge >= 0.3 is 0 Å². The number of nitrogens with two attached hydrogens (primary N) is 1. The number of fused-ring (bicyclic) bond motifs is 1. The van der Waals surface area contributed by atoms with Gasteiger partial charge in [0.2, 0.25) is 5.91 Å². The second-order valence-electron chi connectivity index (χ2n) is 5.19. The minimum atomic E-state index is -0.472. The van der Waals surface area contributed by atoms with Gasteiger partial charge in [-0.3, -0.25) is 4.79 Å². The Kier molecular flexibility index (Phi) is 3.66. The monoisotopic (exact) mass is 250 g/mol. The summed E-state index contributed by atoms with van der Waals surface area (Å²) < 4.78 is 13.2. The van der Waals surface area contributed by atoms with E-state index in [1.54, 1.807) is 11.0 Å². The van der Waals surface area contributed by atoms with Crippen LogP contribution >= 0.6 is 0 Å². The molecule has 18 heavy (non-hydrogen) atoms. The molecule has 0 saturated heterocycles. The summed E-state index contributed by atoms with van der Waals surface area (Å²) in [4.78, 5) is 13.9. The zero-order valence-electron chi connectivity index (χ0n) is 10.8. The highest BCUT2D eigenvalue weighted by atomic mass is 19.1. The number of carbonyl (C=O) groups excluding carboxylic acids is 1. The van der Waals surface area contributed by atoms with Crippen LogP contribution < -0.4 is 5.73 Å². The first-order chi connectivity index (χ1) is 8.49. The molecular formula is C14H19FN2O. The molecule has 1 amide bonds. The van der Waals surface area contributed by atoms with Crippen molar-refractivity contribution >= 4 is 5.91 Å². The third-order valence-electron chi connectivity index (χ3n) is 3.50. The molecule has 0 spiro atoms. The summed E-state index contributed by atoms with van der Waals surface area (Å²) in [6.45, 7) is 4.99. The lowest BCUT2D eigenvalue weighted by atomic mass is 9.97. The first-order valence-electron chi connectivity index (χ1n) is 6.30. The predicted molar refractivity (Wildman–Crippen MR) is 68.3 cm³/mol. The number of hydrogen-bond acceptors (Lipinski definition) is 2. The number of halogens is 1. The van der Waals surface area contributed by atoms with Gasteiger partial charge in [0.05, 0.1) is 6.04 Å². The van der Waals surface area contributed by atoms with E-state index in [0.29, 0.717) is 13.1 Å². The number of benzene rings is 1. The summed E-state index contributed by atoms with van der Waals surface area (Å²) in [6.07, 6.45) is 0.770. The third kappa shape index (κ3) is 2.53.